The molecule has 0 bridgehead atoms. The van der Waals surface area contributed by atoms with E-state index in [1.165, 1.54) is 0 Å². The lowest BCUT2D eigenvalue weighted by Crippen LogP contribution is -1.94. The Morgan fingerprint density at radius 3 is 2.93 bits per heavy atom. The molecule has 0 aliphatic rings. The lowest BCUT2D eigenvalue weighted by Gasteiger charge is -1.99. The zero-order valence-electron chi connectivity index (χ0n) is 8.72. The van der Waals surface area contributed by atoms with Crippen LogP contribution in [0, 0.1) is 0 Å². The number of carbonyl (C=O) groups is 1. The number of rotatable bonds is 7. The van der Waals surface area contributed by atoms with Crippen LogP contribution in [0.2, 0.25) is 0 Å². The summed E-state index contributed by atoms with van der Waals surface area (Å²) in [6, 6.07) is 0. The van der Waals surface area contributed by atoms with E-state index in [9.17, 15) is 4.79 Å². The molecule has 0 aliphatic carbocycles. The highest BCUT2D eigenvalue weighted by atomic mass is 32.2. The first-order chi connectivity index (χ1) is 7.20. The molecule has 0 aliphatic heterocycles. The molecule has 1 heterocycles. The maximum absolute atomic E-state index is 10.2. The van der Waals surface area contributed by atoms with Gasteiger partial charge in [-0.1, -0.05) is 18.2 Å². The highest BCUT2D eigenvalue weighted by molar-refractivity contribution is 7.99. The topological polar surface area (TPSA) is 68.0 Å². The molecular weight excluding hydrogens is 214 g/mol. The van der Waals surface area contributed by atoms with Gasteiger partial charge in [-0.2, -0.15) is 0 Å². The second kappa shape index (κ2) is 6.44. The van der Waals surface area contributed by atoms with Crippen LogP contribution in [0.25, 0.3) is 0 Å². The van der Waals surface area contributed by atoms with E-state index < -0.39 is 5.97 Å². The predicted octanol–water partition coefficient (Wildman–Crippen LogP) is 1.55. The van der Waals surface area contributed by atoms with Crippen molar-refractivity contribution < 1.29 is 9.90 Å². The van der Waals surface area contributed by atoms with Crippen LogP contribution < -0.4 is 0 Å². The van der Waals surface area contributed by atoms with Crippen molar-refractivity contribution in [1.82, 2.24) is 14.8 Å². The Morgan fingerprint density at radius 1 is 1.53 bits per heavy atom. The molecule has 5 nitrogen and oxygen atoms in total. The molecule has 0 atom stereocenters. The molecule has 84 valence electrons. The van der Waals surface area contributed by atoms with Crippen molar-refractivity contribution in [3.63, 3.8) is 0 Å². The van der Waals surface area contributed by atoms with Gasteiger partial charge in [0, 0.05) is 19.2 Å². The van der Waals surface area contributed by atoms with Crippen molar-refractivity contribution in [2.24, 2.45) is 7.05 Å². The van der Waals surface area contributed by atoms with E-state index in [0.717, 1.165) is 30.2 Å². The van der Waals surface area contributed by atoms with Gasteiger partial charge in [-0.05, 0) is 12.8 Å². The smallest absolute Gasteiger partial charge is 0.303 e. The summed E-state index contributed by atoms with van der Waals surface area (Å²) >= 11 is 1.65. The molecule has 6 heteroatoms. The summed E-state index contributed by atoms with van der Waals surface area (Å²) in [5, 5.41) is 17.1. The van der Waals surface area contributed by atoms with Gasteiger partial charge in [-0.3, -0.25) is 4.79 Å². The molecule has 0 unspecified atom stereocenters. The second-order valence-electron chi connectivity index (χ2n) is 3.28. The SMILES string of the molecule is Cn1cnnc1SCCCCCC(=O)O. The van der Waals surface area contributed by atoms with Crippen LogP contribution in [0.4, 0.5) is 0 Å². The van der Waals surface area contributed by atoms with Gasteiger partial charge in [0.25, 0.3) is 0 Å². The number of aryl methyl sites for hydroxylation is 1. The Morgan fingerprint density at radius 2 is 2.33 bits per heavy atom. The Kier molecular flexibility index (Phi) is 5.17. The number of nitrogens with zero attached hydrogens (tertiary/aromatic N) is 3. The molecule has 1 aromatic rings. The number of carboxylic acids is 1. The molecule has 0 fully saturated rings. The third-order valence-electron chi connectivity index (χ3n) is 1.94. The fraction of sp³-hybridized carbons (Fsp3) is 0.667. The average Bonchev–Trinajstić information content (AvgIpc) is 2.57. The van der Waals surface area contributed by atoms with E-state index in [4.69, 9.17) is 5.11 Å². The van der Waals surface area contributed by atoms with Crippen molar-refractivity contribution in [2.75, 3.05) is 5.75 Å². The second-order valence-corrected chi connectivity index (χ2v) is 4.34. The van der Waals surface area contributed by atoms with Crippen molar-refractivity contribution in [1.29, 1.82) is 0 Å². The minimum absolute atomic E-state index is 0.272. The van der Waals surface area contributed by atoms with Crippen molar-refractivity contribution in [3.05, 3.63) is 6.33 Å². The van der Waals surface area contributed by atoms with Gasteiger partial charge in [0.1, 0.15) is 6.33 Å². The van der Waals surface area contributed by atoms with Crippen LogP contribution in [0.3, 0.4) is 0 Å². The van der Waals surface area contributed by atoms with Gasteiger partial charge in [-0.25, -0.2) is 0 Å². The molecule has 1 rings (SSSR count). The number of aromatic nitrogens is 3. The van der Waals surface area contributed by atoms with E-state index in [2.05, 4.69) is 10.2 Å². The number of hydrogen-bond acceptors (Lipinski definition) is 4. The Hall–Kier alpha value is -1.04. The van der Waals surface area contributed by atoms with Crippen LogP contribution in [-0.2, 0) is 11.8 Å². The summed E-state index contributed by atoms with van der Waals surface area (Å²) < 4.78 is 1.88. The zero-order valence-corrected chi connectivity index (χ0v) is 9.53. The molecule has 0 spiro atoms. The normalized spacial score (nSPS) is 10.5. The molecule has 0 saturated carbocycles. The summed E-state index contributed by atoms with van der Waals surface area (Å²) in [5.74, 6) is 0.252. The number of unbranched alkanes of at least 4 members (excludes halogenated alkanes) is 2. The summed E-state index contributed by atoms with van der Waals surface area (Å²) in [6.45, 7) is 0. The Balaban J connectivity index is 2.03. The third kappa shape index (κ3) is 4.83. The summed E-state index contributed by atoms with van der Waals surface area (Å²) in [6.07, 6.45) is 4.68. The Bertz CT molecular complexity index is 314. The molecule has 1 aromatic heterocycles. The monoisotopic (exact) mass is 229 g/mol. The predicted molar refractivity (Wildman–Crippen MR) is 57.8 cm³/mol. The summed E-state index contributed by atoms with van der Waals surface area (Å²) in [4.78, 5) is 10.2. The fourth-order valence-electron chi connectivity index (χ4n) is 1.12. The van der Waals surface area contributed by atoms with Crippen LogP contribution in [0.5, 0.6) is 0 Å². The highest BCUT2D eigenvalue weighted by Crippen LogP contribution is 2.15. The minimum Gasteiger partial charge on any atom is -0.481 e. The summed E-state index contributed by atoms with van der Waals surface area (Å²) in [7, 11) is 1.91. The maximum atomic E-state index is 10.2. The number of thioether (sulfide) groups is 1. The van der Waals surface area contributed by atoms with E-state index >= 15 is 0 Å². The van der Waals surface area contributed by atoms with Gasteiger partial charge in [0.15, 0.2) is 5.16 Å². The van der Waals surface area contributed by atoms with Gasteiger partial charge in [0.05, 0.1) is 0 Å². The van der Waals surface area contributed by atoms with Crippen LogP contribution in [0.15, 0.2) is 11.5 Å². The lowest BCUT2D eigenvalue weighted by molar-refractivity contribution is -0.137. The van der Waals surface area contributed by atoms with E-state index in [1.807, 2.05) is 11.6 Å². The quantitative estimate of drug-likeness (QED) is 0.567. The zero-order chi connectivity index (χ0) is 11.1. The first-order valence-electron chi connectivity index (χ1n) is 4.88. The lowest BCUT2D eigenvalue weighted by atomic mass is 10.2. The number of aliphatic carboxylic acids is 1. The standard InChI is InChI=1S/C9H15N3O2S/c1-12-7-10-11-9(12)15-6-4-2-3-5-8(13)14/h7H,2-6H2,1H3,(H,13,14). The van der Waals surface area contributed by atoms with Gasteiger partial charge < -0.3 is 9.67 Å². The molecular formula is C9H15N3O2S. The summed E-state index contributed by atoms with van der Waals surface area (Å²) in [5.41, 5.74) is 0. The van der Waals surface area contributed by atoms with Crippen LogP contribution >= 0.6 is 11.8 Å². The van der Waals surface area contributed by atoms with Crippen molar-refractivity contribution in [3.8, 4) is 0 Å². The molecule has 0 saturated heterocycles. The van der Waals surface area contributed by atoms with Crippen LogP contribution in [0.1, 0.15) is 25.7 Å². The van der Waals surface area contributed by atoms with Crippen molar-refractivity contribution >= 4 is 17.7 Å². The van der Waals surface area contributed by atoms with E-state index in [-0.39, 0.29) is 6.42 Å². The van der Waals surface area contributed by atoms with Gasteiger partial charge in [-0.15, -0.1) is 10.2 Å². The first kappa shape index (κ1) is 12.0. The molecule has 1 N–H and O–H groups in total. The molecule has 0 aromatic carbocycles. The Labute approximate surface area is 92.9 Å². The van der Waals surface area contributed by atoms with Crippen molar-refractivity contribution in [2.45, 2.75) is 30.8 Å². The molecule has 15 heavy (non-hydrogen) atoms. The number of hydrogen-bond donors (Lipinski definition) is 1. The highest BCUT2D eigenvalue weighted by Gasteiger charge is 2.01. The van der Waals surface area contributed by atoms with Gasteiger partial charge >= 0.3 is 5.97 Å². The average molecular weight is 229 g/mol. The van der Waals surface area contributed by atoms with Gasteiger partial charge in [0.2, 0.25) is 0 Å². The molecule has 0 radical (unpaired) electrons. The largest absolute Gasteiger partial charge is 0.481 e. The fourth-order valence-corrected chi connectivity index (χ4v) is 2.01. The van der Waals surface area contributed by atoms with Crippen LogP contribution in [-0.4, -0.2) is 31.6 Å². The van der Waals surface area contributed by atoms with E-state index in [1.54, 1.807) is 18.1 Å². The maximum Gasteiger partial charge on any atom is 0.303 e. The first-order valence-corrected chi connectivity index (χ1v) is 5.87. The minimum atomic E-state index is -0.712. The molecule has 0 amide bonds. The number of carboxylic acid groups (broad SMARTS) is 1. The third-order valence-corrected chi connectivity index (χ3v) is 3.06. The van der Waals surface area contributed by atoms with E-state index in [0.29, 0.717) is 0 Å².